The van der Waals surface area contributed by atoms with E-state index in [1.807, 2.05) is 42.5 Å². The fourth-order valence-electron chi connectivity index (χ4n) is 3.76. The van der Waals surface area contributed by atoms with Gasteiger partial charge in [0.05, 0.1) is 11.6 Å². The first-order valence-electron chi connectivity index (χ1n) is 10.5. The normalized spacial score (nSPS) is 16.0. The molecule has 31 heavy (non-hydrogen) atoms. The lowest BCUT2D eigenvalue weighted by Crippen LogP contribution is -2.39. The number of nitrogens with one attached hydrogen (secondary N) is 1. The molecule has 5 heteroatoms. The van der Waals surface area contributed by atoms with Gasteiger partial charge in [-0.2, -0.15) is 0 Å². The molecule has 0 fully saturated rings. The first kappa shape index (κ1) is 20.7. The monoisotopic (exact) mass is 415 g/mol. The van der Waals surface area contributed by atoms with Crippen molar-refractivity contribution >= 4 is 11.9 Å². The van der Waals surface area contributed by atoms with Gasteiger partial charge in [0.15, 0.2) is 6.10 Å². The van der Waals surface area contributed by atoms with Crippen LogP contribution in [-0.4, -0.2) is 18.0 Å². The summed E-state index contributed by atoms with van der Waals surface area (Å²) in [6.45, 7) is 1.59. The molecule has 0 saturated heterocycles. The lowest BCUT2D eigenvalue weighted by atomic mass is 9.87. The number of hydrogen-bond donors (Lipinski definition) is 1. The molecule has 158 valence electrons. The minimum absolute atomic E-state index is 0.0481. The maximum Gasteiger partial charge on any atom is 0.338 e. The van der Waals surface area contributed by atoms with E-state index < -0.39 is 12.1 Å². The Kier molecular flexibility index (Phi) is 6.32. The summed E-state index contributed by atoms with van der Waals surface area (Å²) in [4.78, 5) is 25.1. The molecule has 2 atom stereocenters. The van der Waals surface area contributed by atoms with Gasteiger partial charge in [0.2, 0.25) is 0 Å². The minimum Gasteiger partial charge on any atom is -0.457 e. The highest BCUT2D eigenvalue weighted by molar-refractivity contribution is 5.92. The Bertz CT molecular complexity index is 1050. The molecule has 0 saturated carbocycles. The second kappa shape index (κ2) is 9.47. The molecule has 0 radical (unpaired) electrons. The predicted molar refractivity (Wildman–Crippen MR) is 118 cm³/mol. The molecule has 3 aromatic carbocycles. The molecule has 5 nitrogen and oxygen atoms in total. The van der Waals surface area contributed by atoms with Crippen molar-refractivity contribution in [3.05, 3.63) is 95.6 Å². The van der Waals surface area contributed by atoms with Gasteiger partial charge in [0.25, 0.3) is 5.91 Å². The maximum absolute atomic E-state index is 12.6. The highest BCUT2D eigenvalue weighted by Crippen LogP contribution is 2.29. The summed E-state index contributed by atoms with van der Waals surface area (Å²) in [6, 6.07) is 24.2. The van der Waals surface area contributed by atoms with Crippen LogP contribution in [0.4, 0.5) is 0 Å². The number of para-hydroxylation sites is 1. The molecule has 3 aromatic rings. The van der Waals surface area contributed by atoms with Crippen LogP contribution in [0.1, 0.15) is 47.3 Å². The van der Waals surface area contributed by atoms with Crippen molar-refractivity contribution in [3.8, 4) is 11.5 Å². The third-order valence-corrected chi connectivity index (χ3v) is 5.41. The summed E-state index contributed by atoms with van der Waals surface area (Å²) < 4.78 is 11.1. The van der Waals surface area contributed by atoms with Crippen LogP contribution in [0.5, 0.6) is 11.5 Å². The molecule has 0 heterocycles. The Morgan fingerprint density at radius 1 is 0.903 bits per heavy atom. The number of fused-ring (bicyclic) bond motifs is 1. The zero-order chi connectivity index (χ0) is 21.6. The molecule has 0 aromatic heterocycles. The Labute approximate surface area is 182 Å². The van der Waals surface area contributed by atoms with Crippen LogP contribution in [0.2, 0.25) is 0 Å². The van der Waals surface area contributed by atoms with E-state index >= 15 is 0 Å². The predicted octanol–water partition coefficient (Wildman–Crippen LogP) is 5.22. The fraction of sp³-hybridized carbons (Fsp3) is 0.231. The van der Waals surface area contributed by atoms with Crippen LogP contribution in [0, 0.1) is 0 Å². The van der Waals surface area contributed by atoms with Gasteiger partial charge in [-0.1, -0.05) is 42.5 Å². The highest BCUT2D eigenvalue weighted by atomic mass is 16.5. The van der Waals surface area contributed by atoms with E-state index in [0.29, 0.717) is 17.1 Å². The zero-order valence-corrected chi connectivity index (χ0v) is 17.4. The summed E-state index contributed by atoms with van der Waals surface area (Å²) in [5, 5.41) is 3.03. The molecule has 1 amide bonds. The molecule has 0 bridgehead atoms. The molecule has 1 aliphatic carbocycles. The summed E-state index contributed by atoms with van der Waals surface area (Å²) in [5.41, 5.74) is 2.78. The van der Waals surface area contributed by atoms with Crippen LogP contribution in [0.25, 0.3) is 0 Å². The zero-order valence-electron chi connectivity index (χ0n) is 17.4. The van der Waals surface area contributed by atoms with Crippen molar-refractivity contribution in [1.82, 2.24) is 5.32 Å². The molecular formula is C26H25NO4. The van der Waals surface area contributed by atoms with Gasteiger partial charge in [0.1, 0.15) is 11.5 Å². The van der Waals surface area contributed by atoms with Gasteiger partial charge in [-0.05, 0) is 73.7 Å². The topological polar surface area (TPSA) is 64.6 Å². The van der Waals surface area contributed by atoms with E-state index in [2.05, 4.69) is 17.4 Å². The number of amides is 1. The summed E-state index contributed by atoms with van der Waals surface area (Å²) in [6.07, 6.45) is 2.04. The van der Waals surface area contributed by atoms with E-state index in [-0.39, 0.29) is 11.9 Å². The lowest BCUT2D eigenvalue weighted by molar-refractivity contribution is -0.130. The number of carbonyl (C=O) groups is 2. The quantitative estimate of drug-likeness (QED) is 0.561. The van der Waals surface area contributed by atoms with Crippen molar-refractivity contribution < 1.29 is 19.1 Å². The third-order valence-electron chi connectivity index (χ3n) is 5.41. The van der Waals surface area contributed by atoms with Crippen molar-refractivity contribution in [3.63, 3.8) is 0 Å². The number of ether oxygens (including phenoxy) is 2. The van der Waals surface area contributed by atoms with Gasteiger partial charge in [-0.3, -0.25) is 4.79 Å². The van der Waals surface area contributed by atoms with Crippen LogP contribution in [-0.2, 0) is 16.0 Å². The molecule has 0 unspecified atom stereocenters. The van der Waals surface area contributed by atoms with Crippen molar-refractivity contribution in [2.75, 3.05) is 0 Å². The fourth-order valence-corrected chi connectivity index (χ4v) is 3.76. The molecule has 0 aliphatic heterocycles. The minimum atomic E-state index is -0.887. The van der Waals surface area contributed by atoms with Gasteiger partial charge in [-0.25, -0.2) is 4.79 Å². The van der Waals surface area contributed by atoms with E-state index in [0.717, 1.165) is 24.8 Å². The van der Waals surface area contributed by atoms with Crippen LogP contribution in [0.3, 0.4) is 0 Å². The summed E-state index contributed by atoms with van der Waals surface area (Å²) in [5.74, 6) is 0.494. The summed E-state index contributed by atoms with van der Waals surface area (Å²) in [7, 11) is 0. The number of hydrogen-bond acceptors (Lipinski definition) is 4. The van der Waals surface area contributed by atoms with E-state index in [9.17, 15) is 9.59 Å². The number of carbonyl (C=O) groups excluding carboxylic acids is 2. The van der Waals surface area contributed by atoms with Crippen LogP contribution < -0.4 is 10.1 Å². The molecular weight excluding hydrogens is 390 g/mol. The largest absolute Gasteiger partial charge is 0.457 e. The molecule has 1 N–H and O–H groups in total. The van der Waals surface area contributed by atoms with Gasteiger partial charge >= 0.3 is 5.97 Å². The first-order valence-corrected chi connectivity index (χ1v) is 10.5. The average Bonchev–Trinajstić information content (AvgIpc) is 2.80. The van der Waals surface area contributed by atoms with E-state index in [1.54, 1.807) is 31.2 Å². The maximum atomic E-state index is 12.6. The second-order valence-electron chi connectivity index (χ2n) is 7.64. The molecule has 0 spiro atoms. The van der Waals surface area contributed by atoms with Gasteiger partial charge in [-0.15, -0.1) is 0 Å². The highest BCUT2D eigenvalue weighted by Gasteiger charge is 2.25. The Morgan fingerprint density at radius 2 is 1.58 bits per heavy atom. The lowest BCUT2D eigenvalue weighted by Gasteiger charge is -2.27. The van der Waals surface area contributed by atoms with E-state index in [1.165, 1.54) is 5.56 Å². The SMILES string of the molecule is C[C@H](OC(=O)c1ccc(Oc2ccccc2)cc1)C(=O)N[C@H]1CCCc2ccccc21. The first-order chi connectivity index (χ1) is 15.1. The average molecular weight is 415 g/mol. The number of esters is 1. The van der Waals surface area contributed by atoms with Crippen LogP contribution in [0.15, 0.2) is 78.9 Å². The Hall–Kier alpha value is -3.60. The third kappa shape index (κ3) is 5.12. The van der Waals surface area contributed by atoms with Crippen LogP contribution >= 0.6 is 0 Å². The number of aryl methyl sites for hydroxylation is 1. The van der Waals surface area contributed by atoms with Crippen molar-refractivity contribution in [2.24, 2.45) is 0 Å². The Balaban J connectivity index is 1.33. The second-order valence-corrected chi connectivity index (χ2v) is 7.64. The smallest absolute Gasteiger partial charge is 0.338 e. The van der Waals surface area contributed by atoms with Crippen molar-refractivity contribution in [1.29, 1.82) is 0 Å². The summed E-state index contributed by atoms with van der Waals surface area (Å²) >= 11 is 0. The standard InChI is InChI=1S/C26H25NO4/c1-18(25(28)27-24-13-7-9-19-8-5-6-12-23(19)24)30-26(29)20-14-16-22(17-15-20)31-21-10-3-2-4-11-21/h2-6,8,10-12,14-18,24H,7,9,13H2,1H3,(H,27,28)/t18-,24-/m0/s1. The van der Waals surface area contributed by atoms with Crippen molar-refractivity contribution in [2.45, 2.75) is 38.3 Å². The molecule has 4 rings (SSSR count). The molecule has 1 aliphatic rings. The van der Waals surface area contributed by atoms with E-state index in [4.69, 9.17) is 9.47 Å². The van der Waals surface area contributed by atoms with Gasteiger partial charge in [0, 0.05) is 0 Å². The van der Waals surface area contributed by atoms with Gasteiger partial charge < -0.3 is 14.8 Å². The number of benzene rings is 3. The Morgan fingerprint density at radius 3 is 2.35 bits per heavy atom. The number of rotatable bonds is 6.